The lowest BCUT2D eigenvalue weighted by molar-refractivity contribution is 0.340. The highest BCUT2D eigenvalue weighted by molar-refractivity contribution is 5.46. The normalized spacial score (nSPS) is 10.1. The van der Waals surface area contributed by atoms with Gasteiger partial charge in [-0.15, -0.1) is 0 Å². The molecular weight excluding hydrogens is 280 g/mol. The third-order valence-corrected chi connectivity index (χ3v) is 3.37. The largest absolute Gasteiger partial charge is 0.494 e. The molecule has 0 fully saturated rings. The Bertz CT molecular complexity index is 769. The molecule has 1 heteroatoms. The molecule has 0 saturated carbocycles. The Morgan fingerprint density at radius 1 is 0.870 bits per heavy atom. The Hall–Kier alpha value is -2.64. The molecule has 0 aliphatic rings. The minimum Gasteiger partial charge on any atom is -0.494 e. The van der Waals surface area contributed by atoms with E-state index in [4.69, 9.17) is 4.74 Å². The van der Waals surface area contributed by atoms with Gasteiger partial charge in [0.2, 0.25) is 0 Å². The second kappa shape index (κ2) is 7.57. The van der Waals surface area contributed by atoms with Crippen molar-refractivity contribution >= 4 is 0 Å². The van der Waals surface area contributed by atoms with Crippen molar-refractivity contribution in [2.45, 2.75) is 33.1 Å². The van der Waals surface area contributed by atoms with Gasteiger partial charge in [-0.05, 0) is 66.1 Å². The van der Waals surface area contributed by atoms with Crippen molar-refractivity contribution in [1.82, 2.24) is 0 Å². The van der Waals surface area contributed by atoms with Gasteiger partial charge in [0.1, 0.15) is 5.75 Å². The zero-order valence-corrected chi connectivity index (χ0v) is 14.2. The van der Waals surface area contributed by atoms with Crippen LogP contribution in [0.1, 0.15) is 44.4 Å². The molecule has 23 heavy (non-hydrogen) atoms. The summed E-state index contributed by atoms with van der Waals surface area (Å²) in [7, 11) is 0. The predicted octanol–water partition coefficient (Wildman–Crippen LogP) is 4.79. The van der Waals surface area contributed by atoms with Crippen LogP contribution in [0.5, 0.6) is 5.75 Å². The van der Waals surface area contributed by atoms with Crippen LogP contribution in [0.4, 0.5) is 0 Å². The molecule has 0 radical (unpaired) electrons. The molecule has 116 valence electrons. The van der Waals surface area contributed by atoms with Crippen molar-refractivity contribution < 1.29 is 4.74 Å². The smallest absolute Gasteiger partial charge is 0.119 e. The van der Waals surface area contributed by atoms with Crippen LogP contribution >= 0.6 is 0 Å². The maximum absolute atomic E-state index is 5.41. The molecular formula is C22H22O. The van der Waals surface area contributed by atoms with Gasteiger partial charge < -0.3 is 4.74 Å². The Balaban J connectivity index is 2.09. The first-order chi connectivity index (χ1) is 11.0. The minimum atomic E-state index is 0.131. The second-order valence-corrected chi connectivity index (χ2v) is 6.29. The van der Waals surface area contributed by atoms with Gasteiger partial charge in [0.15, 0.2) is 0 Å². The SMILES string of the molecule is CCOc1ccc(C#CC#Cc2cccc(C(C)(C)C)c2)cc1. The van der Waals surface area contributed by atoms with Gasteiger partial charge in [-0.3, -0.25) is 0 Å². The zero-order chi connectivity index (χ0) is 16.7. The van der Waals surface area contributed by atoms with Gasteiger partial charge in [0.05, 0.1) is 6.61 Å². The minimum absolute atomic E-state index is 0.131. The molecule has 0 spiro atoms. The van der Waals surface area contributed by atoms with Crippen molar-refractivity contribution in [1.29, 1.82) is 0 Å². The lowest BCUT2D eigenvalue weighted by Gasteiger charge is -2.18. The van der Waals surface area contributed by atoms with Crippen LogP contribution in [0.2, 0.25) is 0 Å². The second-order valence-electron chi connectivity index (χ2n) is 6.29. The van der Waals surface area contributed by atoms with Crippen molar-refractivity contribution in [3.63, 3.8) is 0 Å². The van der Waals surface area contributed by atoms with Gasteiger partial charge >= 0.3 is 0 Å². The molecule has 2 aromatic carbocycles. The van der Waals surface area contributed by atoms with E-state index in [0.29, 0.717) is 6.61 Å². The van der Waals surface area contributed by atoms with Crippen LogP contribution in [0.15, 0.2) is 48.5 Å². The van der Waals surface area contributed by atoms with E-state index in [1.165, 1.54) is 5.56 Å². The fourth-order valence-corrected chi connectivity index (χ4v) is 2.07. The van der Waals surface area contributed by atoms with E-state index in [9.17, 15) is 0 Å². The number of rotatable bonds is 2. The fraction of sp³-hybridized carbons (Fsp3) is 0.273. The van der Waals surface area contributed by atoms with E-state index in [1.54, 1.807) is 0 Å². The van der Waals surface area contributed by atoms with Crippen molar-refractivity contribution in [2.24, 2.45) is 0 Å². The van der Waals surface area contributed by atoms with Crippen molar-refractivity contribution in [2.75, 3.05) is 6.61 Å². The maximum Gasteiger partial charge on any atom is 0.119 e. The van der Waals surface area contributed by atoms with Crippen LogP contribution in [0.25, 0.3) is 0 Å². The van der Waals surface area contributed by atoms with Gasteiger partial charge in [-0.25, -0.2) is 0 Å². The monoisotopic (exact) mass is 302 g/mol. The van der Waals surface area contributed by atoms with Crippen LogP contribution in [-0.2, 0) is 5.41 Å². The Kier molecular flexibility index (Phi) is 5.51. The number of benzene rings is 2. The molecule has 2 rings (SSSR count). The highest BCUT2D eigenvalue weighted by Crippen LogP contribution is 2.22. The Morgan fingerprint density at radius 3 is 2.13 bits per heavy atom. The van der Waals surface area contributed by atoms with Crippen LogP contribution in [0.3, 0.4) is 0 Å². The van der Waals surface area contributed by atoms with E-state index in [2.05, 4.69) is 56.6 Å². The summed E-state index contributed by atoms with van der Waals surface area (Å²) in [6.07, 6.45) is 0. The number of hydrogen-bond donors (Lipinski definition) is 0. The average Bonchev–Trinajstić information content (AvgIpc) is 2.53. The number of ether oxygens (including phenoxy) is 1. The van der Waals surface area contributed by atoms with Gasteiger partial charge in [-0.1, -0.05) is 44.7 Å². The highest BCUT2D eigenvalue weighted by atomic mass is 16.5. The molecule has 0 heterocycles. The molecule has 0 aliphatic heterocycles. The van der Waals surface area contributed by atoms with E-state index in [0.717, 1.165) is 16.9 Å². The van der Waals surface area contributed by atoms with Gasteiger partial charge in [0, 0.05) is 11.1 Å². The zero-order valence-electron chi connectivity index (χ0n) is 14.2. The summed E-state index contributed by atoms with van der Waals surface area (Å²) < 4.78 is 5.41. The Morgan fingerprint density at radius 2 is 1.52 bits per heavy atom. The molecule has 0 atom stereocenters. The van der Waals surface area contributed by atoms with Crippen molar-refractivity contribution in [3.05, 3.63) is 65.2 Å². The quantitative estimate of drug-likeness (QED) is 0.725. The first-order valence-corrected chi connectivity index (χ1v) is 7.84. The van der Waals surface area contributed by atoms with E-state index < -0.39 is 0 Å². The lowest BCUT2D eigenvalue weighted by atomic mass is 9.86. The van der Waals surface area contributed by atoms with Crippen LogP contribution in [0, 0.1) is 23.7 Å². The standard InChI is InChI=1S/C22H22O/c1-5-23-21-15-13-18(14-16-21)9-6-7-10-19-11-8-12-20(17-19)22(2,3)4/h8,11-17H,5H2,1-4H3. The molecule has 0 aromatic heterocycles. The molecule has 0 unspecified atom stereocenters. The molecule has 0 bridgehead atoms. The maximum atomic E-state index is 5.41. The summed E-state index contributed by atoms with van der Waals surface area (Å²) in [5.41, 5.74) is 3.35. The molecule has 1 nitrogen and oxygen atoms in total. The summed E-state index contributed by atoms with van der Waals surface area (Å²) in [6, 6.07) is 16.1. The summed E-state index contributed by atoms with van der Waals surface area (Å²) in [5, 5.41) is 0. The third kappa shape index (κ3) is 5.24. The molecule has 2 aromatic rings. The van der Waals surface area contributed by atoms with Gasteiger partial charge in [-0.2, -0.15) is 0 Å². The van der Waals surface area contributed by atoms with E-state index in [-0.39, 0.29) is 5.41 Å². The molecule has 0 saturated heterocycles. The summed E-state index contributed by atoms with van der Waals surface area (Å²) >= 11 is 0. The average molecular weight is 302 g/mol. The molecule has 0 N–H and O–H groups in total. The number of hydrogen-bond acceptors (Lipinski definition) is 1. The lowest BCUT2D eigenvalue weighted by Crippen LogP contribution is -2.10. The third-order valence-electron chi connectivity index (χ3n) is 3.37. The van der Waals surface area contributed by atoms with E-state index >= 15 is 0 Å². The summed E-state index contributed by atoms with van der Waals surface area (Å²) in [6.45, 7) is 9.24. The molecule has 0 amide bonds. The van der Waals surface area contributed by atoms with Crippen LogP contribution in [-0.4, -0.2) is 6.61 Å². The summed E-state index contributed by atoms with van der Waals surface area (Å²) in [5.74, 6) is 12.9. The first-order valence-electron chi connectivity index (χ1n) is 7.84. The van der Waals surface area contributed by atoms with Gasteiger partial charge in [0.25, 0.3) is 0 Å². The van der Waals surface area contributed by atoms with Crippen molar-refractivity contribution in [3.8, 4) is 29.4 Å². The predicted molar refractivity (Wildman–Crippen MR) is 96.5 cm³/mol. The highest BCUT2D eigenvalue weighted by Gasteiger charge is 2.12. The topological polar surface area (TPSA) is 9.23 Å². The first kappa shape index (κ1) is 16.7. The summed E-state index contributed by atoms with van der Waals surface area (Å²) in [4.78, 5) is 0. The molecule has 0 aliphatic carbocycles. The van der Waals surface area contributed by atoms with Crippen LogP contribution < -0.4 is 4.74 Å². The fourth-order valence-electron chi connectivity index (χ4n) is 2.07. The van der Waals surface area contributed by atoms with E-state index in [1.807, 2.05) is 43.3 Å². The Labute approximate surface area is 139 Å².